The van der Waals surface area contributed by atoms with Crippen molar-refractivity contribution in [3.63, 3.8) is 0 Å². The molecule has 25 heavy (non-hydrogen) atoms. The molecule has 0 radical (unpaired) electrons. The Hall–Kier alpha value is -3.33. The van der Waals surface area contributed by atoms with Gasteiger partial charge in [-0.05, 0) is 45.8 Å². The molecule has 0 unspecified atom stereocenters. The zero-order valence-electron chi connectivity index (χ0n) is 13.6. The third kappa shape index (κ3) is 2.92. The first-order valence-electron chi connectivity index (χ1n) is 8.14. The largest absolute Gasteiger partial charge is 0.457 e. The summed E-state index contributed by atoms with van der Waals surface area (Å²) in [6.45, 7) is 0.218. The molecule has 0 saturated heterocycles. The summed E-state index contributed by atoms with van der Waals surface area (Å²) < 4.78 is 5.59. The number of ether oxygens (including phenoxy) is 1. The lowest BCUT2D eigenvalue weighted by Crippen LogP contribution is -2.06. The average molecular weight is 327 g/mol. The SMILES string of the molecule is Nc1cccc(C(=O)OCc2c3ccccc3cc3ccccc23)c1. The van der Waals surface area contributed by atoms with Crippen molar-refractivity contribution in [2.75, 3.05) is 5.73 Å². The number of carbonyl (C=O) groups is 1. The van der Waals surface area contributed by atoms with E-state index in [1.54, 1.807) is 24.3 Å². The topological polar surface area (TPSA) is 52.3 Å². The Bertz CT molecular complexity index is 1030. The zero-order valence-corrected chi connectivity index (χ0v) is 13.6. The fourth-order valence-electron chi connectivity index (χ4n) is 3.15. The van der Waals surface area contributed by atoms with Crippen LogP contribution in [0.4, 0.5) is 5.69 Å². The first-order valence-corrected chi connectivity index (χ1v) is 8.14. The molecule has 0 aromatic heterocycles. The van der Waals surface area contributed by atoms with Gasteiger partial charge in [0.05, 0.1) is 5.56 Å². The molecule has 0 saturated carbocycles. The smallest absolute Gasteiger partial charge is 0.338 e. The standard InChI is InChI=1S/C22H17NO2/c23-18-9-5-8-17(13-18)22(24)25-14-21-19-10-3-1-6-15(19)12-16-7-2-4-11-20(16)21/h1-13H,14,23H2. The predicted octanol–water partition coefficient (Wildman–Crippen LogP) is 4.93. The third-order valence-electron chi connectivity index (χ3n) is 4.35. The maximum atomic E-state index is 12.4. The van der Waals surface area contributed by atoms with E-state index in [4.69, 9.17) is 10.5 Å². The molecule has 4 rings (SSSR count). The summed E-state index contributed by atoms with van der Waals surface area (Å²) in [5.74, 6) is -0.371. The van der Waals surface area contributed by atoms with E-state index in [2.05, 4.69) is 30.3 Å². The van der Waals surface area contributed by atoms with E-state index in [-0.39, 0.29) is 12.6 Å². The minimum Gasteiger partial charge on any atom is -0.457 e. The summed E-state index contributed by atoms with van der Waals surface area (Å²) in [6, 6.07) is 25.3. The van der Waals surface area contributed by atoms with E-state index in [1.165, 1.54) is 0 Å². The zero-order chi connectivity index (χ0) is 17.2. The second-order valence-electron chi connectivity index (χ2n) is 6.00. The van der Waals surface area contributed by atoms with Gasteiger partial charge in [0.25, 0.3) is 0 Å². The van der Waals surface area contributed by atoms with E-state index >= 15 is 0 Å². The number of anilines is 1. The fraction of sp³-hybridized carbons (Fsp3) is 0.0455. The van der Waals surface area contributed by atoms with Gasteiger partial charge in [0.1, 0.15) is 6.61 Å². The van der Waals surface area contributed by atoms with Crippen LogP contribution in [0.2, 0.25) is 0 Å². The van der Waals surface area contributed by atoms with Crippen molar-refractivity contribution in [1.82, 2.24) is 0 Å². The highest BCUT2D eigenvalue weighted by atomic mass is 16.5. The second kappa shape index (κ2) is 6.29. The van der Waals surface area contributed by atoms with Gasteiger partial charge in [0, 0.05) is 11.3 Å². The second-order valence-corrected chi connectivity index (χ2v) is 6.00. The van der Waals surface area contributed by atoms with Crippen molar-refractivity contribution < 1.29 is 9.53 Å². The number of carbonyl (C=O) groups excluding carboxylic acids is 1. The molecule has 0 bridgehead atoms. The van der Waals surface area contributed by atoms with Gasteiger partial charge in [-0.25, -0.2) is 4.79 Å². The van der Waals surface area contributed by atoms with Gasteiger partial charge < -0.3 is 10.5 Å². The monoisotopic (exact) mass is 327 g/mol. The van der Waals surface area contributed by atoms with Gasteiger partial charge >= 0.3 is 5.97 Å². The van der Waals surface area contributed by atoms with Crippen molar-refractivity contribution in [2.24, 2.45) is 0 Å². The molecule has 0 aliphatic heterocycles. The highest BCUT2D eigenvalue weighted by molar-refractivity contribution is 6.02. The Balaban J connectivity index is 1.73. The number of rotatable bonds is 3. The molecule has 3 heteroatoms. The number of nitrogen functional groups attached to an aromatic ring is 1. The predicted molar refractivity (Wildman–Crippen MR) is 101 cm³/mol. The Labute approximate surface area is 145 Å². The quantitative estimate of drug-likeness (QED) is 0.330. The Morgan fingerprint density at radius 3 is 2.08 bits per heavy atom. The summed E-state index contributed by atoms with van der Waals surface area (Å²) in [5, 5.41) is 4.47. The van der Waals surface area contributed by atoms with Crippen LogP contribution in [0.25, 0.3) is 21.5 Å². The lowest BCUT2D eigenvalue weighted by Gasteiger charge is -2.12. The first-order chi connectivity index (χ1) is 12.2. The Morgan fingerprint density at radius 2 is 1.44 bits per heavy atom. The van der Waals surface area contributed by atoms with Crippen molar-refractivity contribution in [1.29, 1.82) is 0 Å². The van der Waals surface area contributed by atoms with Crippen molar-refractivity contribution in [3.05, 3.63) is 90.0 Å². The first kappa shape index (κ1) is 15.2. The molecule has 2 N–H and O–H groups in total. The molecule has 0 heterocycles. The highest BCUT2D eigenvalue weighted by Gasteiger charge is 2.12. The maximum absolute atomic E-state index is 12.4. The van der Waals surface area contributed by atoms with Crippen molar-refractivity contribution >= 4 is 33.2 Å². The summed E-state index contributed by atoms with van der Waals surface area (Å²) >= 11 is 0. The van der Waals surface area contributed by atoms with Crippen LogP contribution in [0.15, 0.2) is 78.9 Å². The normalized spacial score (nSPS) is 10.9. The highest BCUT2D eigenvalue weighted by Crippen LogP contribution is 2.29. The lowest BCUT2D eigenvalue weighted by molar-refractivity contribution is 0.0476. The van der Waals surface area contributed by atoms with Gasteiger partial charge in [0.15, 0.2) is 0 Å². The van der Waals surface area contributed by atoms with Crippen LogP contribution in [0, 0.1) is 0 Å². The fourth-order valence-corrected chi connectivity index (χ4v) is 3.15. The molecule has 122 valence electrons. The lowest BCUT2D eigenvalue weighted by atomic mass is 9.97. The van der Waals surface area contributed by atoms with Crippen LogP contribution in [0.5, 0.6) is 0 Å². The van der Waals surface area contributed by atoms with Crippen LogP contribution in [0.1, 0.15) is 15.9 Å². The summed E-state index contributed by atoms with van der Waals surface area (Å²) in [4.78, 5) is 12.4. The molecular formula is C22H17NO2. The summed E-state index contributed by atoms with van der Waals surface area (Å²) in [7, 11) is 0. The number of nitrogens with two attached hydrogens (primary N) is 1. The van der Waals surface area contributed by atoms with E-state index in [1.807, 2.05) is 24.3 Å². The summed E-state index contributed by atoms with van der Waals surface area (Å²) in [6.07, 6.45) is 0. The van der Waals surface area contributed by atoms with Crippen LogP contribution in [0.3, 0.4) is 0 Å². The van der Waals surface area contributed by atoms with Gasteiger partial charge in [-0.1, -0.05) is 54.6 Å². The van der Waals surface area contributed by atoms with E-state index in [9.17, 15) is 4.79 Å². The molecule has 0 amide bonds. The van der Waals surface area contributed by atoms with Crippen molar-refractivity contribution in [3.8, 4) is 0 Å². The van der Waals surface area contributed by atoms with Gasteiger partial charge in [0.2, 0.25) is 0 Å². The van der Waals surface area contributed by atoms with Crippen LogP contribution in [-0.2, 0) is 11.3 Å². The molecule has 0 aliphatic carbocycles. The van der Waals surface area contributed by atoms with E-state index in [0.29, 0.717) is 11.3 Å². The molecule has 0 fully saturated rings. The molecule has 4 aromatic carbocycles. The van der Waals surface area contributed by atoms with Crippen LogP contribution in [-0.4, -0.2) is 5.97 Å². The average Bonchev–Trinajstić information content (AvgIpc) is 2.65. The van der Waals surface area contributed by atoms with Crippen LogP contribution < -0.4 is 5.73 Å². The van der Waals surface area contributed by atoms with E-state index in [0.717, 1.165) is 27.1 Å². The third-order valence-corrected chi connectivity index (χ3v) is 4.35. The Kier molecular flexibility index (Phi) is 3.82. The summed E-state index contributed by atoms with van der Waals surface area (Å²) in [5.41, 5.74) is 7.77. The van der Waals surface area contributed by atoms with Crippen LogP contribution >= 0.6 is 0 Å². The molecular weight excluding hydrogens is 310 g/mol. The number of benzene rings is 4. The number of fused-ring (bicyclic) bond motifs is 2. The molecule has 0 spiro atoms. The molecule has 0 aliphatic rings. The van der Waals surface area contributed by atoms with Gasteiger partial charge in [-0.15, -0.1) is 0 Å². The molecule has 4 aromatic rings. The maximum Gasteiger partial charge on any atom is 0.338 e. The number of esters is 1. The minimum atomic E-state index is -0.371. The molecule has 0 atom stereocenters. The van der Waals surface area contributed by atoms with E-state index < -0.39 is 0 Å². The van der Waals surface area contributed by atoms with Gasteiger partial charge in [-0.3, -0.25) is 0 Å². The minimum absolute atomic E-state index is 0.218. The van der Waals surface area contributed by atoms with Gasteiger partial charge in [-0.2, -0.15) is 0 Å². The molecule has 3 nitrogen and oxygen atoms in total. The number of hydrogen-bond acceptors (Lipinski definition) is 3. The Morgan fingerprint density at radius 1 is 0.800 bits per heavy atom. The number of hydrogen-bond donors (Lipinski definition) is 1. The van der Waals surface area contributed by atoms with Crippen molar-refractivity contribution in [2.45, 2.75) is 6.61 Å².